The maximum atomic E-state index is 12.9. The number of H-pyrrole nitrogens is 1. The lowest BCUT2D eigenvalue weighted by molar-refractivity contribution is 0.378. The van der Waals surface area contributed by atoms with Crippen molar-refractivity contribution in [3.63, 3.8) is 0 Å². The fraction of sp³-hybridized carbons (Fsp3) is 0.538. The third-order valence-electron chi connectivity index (χ3n) is 3.82. The molecule has 0 saturated carbocycles. The zero-order valence-electron chi connectivity index (χ0n) is 12.4. The summed E-state index contributed by atoms with van der Waals surface area (Å²) in [4.78, 5) is 0. The predicted molar refractivity (Wildman–Crippen MR) is 77.2 cm³/mol. The molecule has 0 aliphatic carbocycles. The van der Waals surface area contributed by atoms with Gasteiger partial charge in [-0.15, -0.1) is 0 Å². The first-order chi connectivity index (χ1) is 9.91. The molecule has 0 spiro atoms. The quantitative estimate of drug-likeness (QED) is 0.924. The minimum atomic E-state index is -3.54. The number of rotatable bonds is 3. The van der Waals surface area contributed by atoms with Crippen molar-refractivity contribution >= 4 is 10.0 Å². The van der Waals surface area contributed by atoms with Crippen molar-refractivity contribution < 1.29 is 8.42 Å². The molecule has 8 heteroatoms. The summed E-state index contributed by atoms with van der Waals surface area (Å²) in [6, 6.07) is 1.56. The Labute approximate surface area is 124 Å². The molecule has 21 heavy (non-hydrogen) atoms. The van der Waals surface area contributed by atoms with Crippen LogP contribution in [0.2, 0.25) is 0 Å². The van der Waals surface area contributed by atoms with Crippen molar-refractivity contribution in [2.45, 2.75) is 44.8 Å². The smallest absolute Gasteiger partial charge is 0.260 e. The molecule has 2 aromatic rings. The van der Waals surface area contributed by atoms with Crippen LogP contribution in [0.1, 0.15) is 36.8 Å². The van der Waals surface area contributed by atoms with Crippen LogP contribution in [-0.4, -0.2) is 39.2 Å². The van der Waals surface area contributed by atoms with Gasteiger partial charge in [-0.05, 0) is 26.8 Å². The van der Waals surface area contributed by atoms with E-state index in [4.69, 9.17) is 0 Å². The van der Waals surface area contributed by atoms with Gasteiger partial charge in [-0.1, -0.05) is 0 Å². The molecule has 7 nitrogen and oxygen atoms in total. The van der Waals surface area contributed by atoms with Crippen LogP contribution in [0.5, 0.6) is 0 Å². The van der Waals surface area contributed by atoms with Crippen LogP contribution in [0.25, 0.3) is 0 Å². The molecule has 3 heterocycles. The van der Waals surface area contributed by atoms with E-state index in [-0.39, 0.29) is 11.1 Å². The summed E-state index contributed by atoms with van der Waals surface area (Å²) in [5.41, 5.74) is 2.89. The maximum absolute atomic E-state index is 12.9. The van der Waals surface area contributed by atoms with Gasteiger partial charge in [0, 0.05) is 36.8 Å². The molecule has 1 N–H and O–H groups in total. The van der Waals surface area contributed by atoms with Crippen molar-refractivity contribution in [1.82, 2.24) is 24.3 Å². The van der Waals surface area contributed by atoms with Crippen molar-refractivity contribution in [2.24, 2.45) is 0 Å². The van der Waals surface area contributed by atoms with Gasteiger partial charge >= 0.3 is 0 Å². The molecule has 2 aromatic heterocycles. The van der Waals surface area contributed by atoms with Crippen molar-refractivity contribution in [1.29, 1.82) is 0 Å². The van der Waals surface area contributed by atoms with Crippen LogP contribution in [0.15, 0.2) is 17.3 Å². The standard InChI is InChI=1S/C13H19N5O2S/c1-9(2)18-13(4-6-14-18)21(19,20)17-7-5-12-11(8-17)10(3)15-16-12/h4,6,9H,5,7-8H2,1-3H3,(H,15,16). The van der Waals surface area contributed by atoms with E-state index < -0.39 is 10.0 Å². The number of aromatic nitrogens is 4. The average molecular weight is 309 g/mol. The van der Waals surface area contributed by atoms with Gasteiger partial charge in [0.1, 0.15) is 0 Å². The van der Waals surface area contributed by atoms with E-state index >= 15 is 0 Å². The van der Waals surface area contributed by atoms with Crippen LogP contribution in [0, 0.1) is 6.92 Å². The number of nitrogens with one attached hydrogen (secondary N) is 1. The van der Waals surface area contributed by atoms with E-state index in [1.807, 2.05) is 20.8 Å². The lowest BCUT2D eigenvalue weighted by atomic mass is 10.1. The first kappa shape index (κ1) is 14.3. The number of hydrogen-bond donors (Lipinski definition) is 1. The van der Waals surface area contributed by atoms with E-state index in [1.165, 1.54) is 10.5 Å². The Hall–Kier alpha value is -1.67. The van der Waals surface area contributed by atoms with E-state index in [0.717, 1.165) is 17.0 Å². The monoisotopic (exact) mass is 309 g/mol. The lowest BCUT2D eigenvalue weighted by Crippen LogP contribution is -2.37. The van der Waals surface area contributed by atoms with Crippen molar-refractivity contribution in [3.8, 4) is 0 Å². The average Bonchev–Trinajstić information content (AvgIpc) is 3.06. The molecule has 114 valence electrons. The summed E-state index contributed by atoms with van der Waals surface area (Å²) in [7, 11) is -3.54. The SMILES string of the molecule is Cc1[nH]nc2c1CN(S(=O)(=O)c1ccnn1C(C)C)CC2. The fourth-order valence-electron chi connectivity index (χ4n) is 2.64. The number of aryl methyl sites for hydroxylation is 1. The Bertz CT molecular complexity index is 759. The Morgan fingerprint density at radius 3 is 2.86 bits per heavy atom. The molecule has 0 amide bonds. The van der Waals surface area contributed by atoms with E-state index in [9.17, 15) is 8.42 Å². The second-order valence-electron chi connectivity index (χ2n) is 5.57. The van der Waals surface area contributed by atoms with Crippen LogP contribution < -0.4 is 0 Å². The fourth-order valence-corrected chi connectivity index (χ4v) is 4.26. The van der Waals surface area contributed by atoms with E-state index in [1.54, 1.807) is 10.7 Å². The summed E-state index contributed by atoms with van der Waals surface area (Å²) in [6.07, 6.45) is 2.17. The van der Waals surface area contributed by atoms with Gasteiger partial charge in [0.2, 0.25) is 0 Å². The Morgan fingerprint density at radius 1 is 1.38 bits per heavy atom. The molecule has 0 radical (unpaired) electrons. The predicted octanol–water partition coefficient (Wildman–Crippen LogP) is 1.24. The third kappa shape index (κ3) is 2.28. The molecule has 0 fully saturated rings. The molecule has 3 rings (SSSR count). The zero-order chi connectivity index (χ0) is 15.2. The topological polar surface area (TPSA) is 83.9 Å². The highest BCUT2D eigenvalue weighted by Gasteiger charge is 2.32. The number of hydrogen-bond acceptors (Lipinski definition) is 4. The van der Waals surface area contributed by atoms with E-state index in [0.29, 0.717) is 19.5 Å². The first-order valence-corrected chi connectivity index (χ1v) is 8.41. The minimum absolute atomic E-state index is 0.000730. The number of fused-ring (bicyclic) bond motifs is 1. The van der Waals surface area contributed by atoms with Gasteiger partial charge in [-0.25, -0.2) is 8.42 Å². The Kier molecular flexibility index (Phi) is 3.37. The molecule has 0 aromatic carbocycles. The van der Waals surface area contributed by atoms with Gasteiger partial charge in [-0.3, -0.25) is 9.78 Å². The Morgan fingerprint density at radius 2 is 2.14 bits per heavy atom. The highest BCUT2D eigenvalue weighted by molar-refractivity contribution is 7.89. The number of nitrogens with zero attached hydrogens (tertiary/aromatic N) is 4. The summed E-state index contributed by atoms with van der Waals surface area (Å²) < 4.78 is 28.8. The molecule has 1 aliphatic rings. The zero-order valence-corrected chi connectivity index (χ0v) is 13.2. The number of aromatic amines is 1. The number of sulfonamides is 1. The van der Waals surface area contributed by atoms with Crippen molar-refractivity contribution in [3.05, 3.63) is 29.2 Å². The van der Waals surface area contributed by atoms with Gasteiger partial charge in [0.15, 0.2) is 5.03 Å². The third-order valence-corrected chi connectivity index (χ3v) is 5.66. The summed E-state index contributed by atoms with van der Waals surface area (Å²) in [5, 5.41) is 11.5. The normalized spacial score (nSPS) is 16.4. The highest BCUT2D eigenvalue weighted by atomic mass is 32.2. The Balaban J connectivity index is 1.97. The summed E-state index contributed by atoms with van der Waals surface area (Å²) in [6.45, 7) is 6.56. The second kappa shape index (κ2) is 4.96. The second-order valence-corrected chi connectivity index (χ2v) is 7.46. The molecule has 0 bridgehead atoms. The molecule has 0 saturated heterocycles. The van der Waals surface area contributed by atoms with Gasteiger partial charge in [-0.2, -0.15) is 14.5 Å². The molecule has 1 aliphatic heterocycles. The molecular formula is C13H19N5O2S. The lowest BCUT2D eigenvalue weighted by Gasteiger charge is -2.26. The van der Waals surface area contributed by atoms with Gasteiger partial charge < -0.3 is 0 Å². The highest BCUT2D eigenvalue weighted by Crippen LogP contribution is 2.26. The molecular weight excluding hydrogens is 290 g/mol. The largest absolute Gasteiger partial charge is 0.282 e. The first-order valence-electron chi connectivity index (χ1n) is 6.97. The maximum Gasteiger partial charge on any atom is 0.260 e. The van der Waals surface area contributed by atoms with Crippen molar-refractivity contribution in [2.75, 3.05) is 6.54 Å². The van der Waals surface area contributed by atoms with Crippen LogP contribution >= 0.6 is 0 Å². The molecule has 0 atom stereocenters. The van der Waals surface area contributed by atoms with Crippen LogP contribution in [0.3, 0.4) is 0 Å². The summed E-state index contributed by atoms with van der Waals surface area (Å²) >= 11 is 0. The van der Waals surface area contributed by atoms with Crippen LogP contribution in [-0.2, 0) is 23.0 Å². The minimum Gasteiger partial charge on any atom is -0.282 e. The van der Waals surface area contributed by atoms with E-state index in [2.05, 4.69) is 15.3 Å². The van der Waals surface area contributed by atoms with Gasteiger partial charge in [0.25, 0.3) is 10.0 Å². The molecule has 0 unspecified atom stereocenters. The van der Waals surface area contributed by atoms with Crippen LogP contribution in [0.4, 0.5) is 0 Å². The summed E-state index contributed by atoms with van der Waals surface area (Å²) in [5.74, 6) is 0. The van der Waals surface area contributed by atoms with Gasteiger partial charge in [0.05, 0.1) is 11.9 Å².